The number of pyridine rings is 2. The number of rotatable bonds is 4. The second kappa shape index (κ2) is 8.31. The third-order valence-corrected chi connectivity index (χ3v) is 5.11. The van der Waals surface area contributed by atoms with E-state index in [9.17, 15) is 9.59 Å². The number of H-pyrrole nitrogens is 1. The minimum absolute atomic E-state index is 0.208. The molecule has 0 radical (unpaired) electrons. The minimum Gasteiger partial charge on any atom is -0.350 e. The van der Waals surface area contributed by atoms with Crippen molar-refractivity contribution in [3.05, 3.63) is 83.9 Å². The van der Waals surface area contributed by atoms with E-state index < -0.39 is 0 Å². The summed E-state index contributed by atoms with van der Waals surface area (Å²) in [6.07, 6.45) is 5.42. The number of nitrogens with zero attached hydrogens (tertiary/aromatic N) is 3. The predicted molar refractivity (Wildman–Crippen MR) is 122 cm³/mol. The number of hydrazone groups is 1. The van der Waals surface area contributed by atoms with E-state index in [1.165, 1.54) is 0 Å². The molecule has 1 aliphatic heterocycles. The molecule has 4 aromatic rings. The lowest BCUT2D eigenvalue weighted by molar-refractivity contribution is 0.0951. The number of aromatic amines is 1. The van der Waals surface area contributed by atoms with Gasteiger partial charge < -0.3 is 15.6 Å². The fourth-order valence-electron chi connectivity index (χ4n) is 3.62. The maximum absolute atomic E-state index is 12.8. The first-order valence-corrected chi connectivity index (χ1v) is 10.1. The van der Waals surface area contributed by atoms with Gasteiger partial charge in [0.15, 0.2) is 0 Å². The Hall–Kier alpha value is -4.53. The van der Waals surface area contributed by atoms with Crippen molar-refractivity contribution in [3.63, 3.8) is 0 Å². The number of carbonyl (C=O) groups is 2. The van der Waals surface area contributed by atoms with E-state index in [0.717, 1.165) is 10.9 Å². The quantitative estimate of drug-likeness (QED) is 0.374. The summed E-state index contributed by atoms with van der Waals surface area (Å²) in [5, 5.41) is 11.0. The van der Waals surface area contributed by atoms with Crippen molar-refractivity contribution >= 4 is 39.9 Å². The van der Waals surface area contributed by atoms with Gasteiger partial charge in [-0.05, 0) is 42.5 Å². The van der Waals surface area contributed by atoms with Crippen LogP contribution in [-0.2, 0) is 0 Å². The van der Waals surface area contributed by atoms with E-state index in [2.05, 4.69) is 36.1 Å². The van der Waals surface area contributed by atoms with Crippen molar-refractivity contribution in [3.8, 4) is 0 Å². The number of nitrogens with one attached hydrogen (secondary N) is 4. The maximum atomic E-state index is 12.8. The molecule has 32 heavy (non-hydrogen) atoms. The van der Waals surface area contributed by atoms with E-state index >= 15 is 0 Å². The fraction of sp³-hybridized carbons (Fsp3) is 0.0870. The topological polar surface area (TPSA) is 124 Å². The number of aromatic nitrogens is 3. The van der Waals surface area contributed by atoms with Crippen LogP contribution >= 0.6 is 0 Å². The largest absolute Gasteiger partial charge is 0.350 e. The molecular weight excluding hydrogens is 406 g/mol. The number of anilines is 2. The van der Waals surface area contributed by atoms with Gasteiger partial charge in [0.25, 0.3) is 11.8 Å². The first kappa shape index (κ1) is 19.4. The van der Waals surface area contributed by atoms with Crippen molar-refractivity contribution in [2.45, 2.75) is 6.42 Å². The number of fused-ring (bicyclic) bond motifs is 3. The summed E-state index contributed by atoms with van der Waals surface area (Å²) >= 11 is 0. The van der Waals surface area contributed by atoms with Gasteiger partial charge in [-0.1, -0.05) is 6.07 Å². The maximum Gasteiger partial charge on any atom is 0.268 e. The molecule has 9 nitrogen and oxygen atoms in total. The Balaban J connectivity index is 1.55. The van der Waals surface area contributed by atoms with Gasteiger partial charge in [-0.2, -0.15) is 5.10 Å². The molecule has 4 heterocycles. The Kier molecular flexibility index (Phi) is 5.04. The normalized spacial score (nSPS) is 14.5. The second-order valence-corrected chi connectivity index (χ2v) is 7.22. The summed E-state index contributed by atoms with van der Waals surface area (Å²) in [5.74, 6) is 0.125. The summed E-state index contributed by atoms with van der Waals surface area (Å²) in [4.78, 5) is 36.8. The molecule has 0 spiro atoms. The second-order valence-electron chi connectivity index (χ2n) is 7.22. The zero-order chi connectivity index (χ0) is 21.9. The predicted octanol–water partition coefficient (Wildman–Crippen LogP) is 3.16. The molecule has 0 saturated carbocycles. The van der Waals surface area contributed by atoms with Crippen LogP contribution in [0.1, 0.15) is 32.8 Å². The van der Waals surface area contributed by atoms with Gasteiger partial charge in [-0.15, -0.1) is 0 Å². The Labute approximate surface area is 183 Å². The summed E-state index contributed by atoms with van der Waals surface area (Å²) in [7, 11) is 0. The molecule has 1 aliphatic rings. The monoisotopic (exact) mass is 425 g/mol. The van der Waals surface area contributed by atoms with Crippen molar-refractivity contribution in [1.82, 2.24) is 20.3 Å². The number of hydrogen-bond donors (Lipinski definition) is 4. The lowest BCUT2D eigenvalue weighted by atomic mass is 10.0. The molecule has 0 bridgehead atoms. The standard InChI is InChI=1S/C23H19N7O2/c31-22(27-15-4-3-9-24-13-15)14-6-7-17-16(12-14)20-18(8-11-26-23(32)21(20)28-17)29-30-19-5-1-2-10-25-19/h1-7,9-10,12-13,28H,8,11H2,(H,25,30)(H,26,32)(H,27,31)/b29-18-. The lowest BCUT2D eigenvalue weighted by Crippen LogP contribution is -2.23. The molecule has 0 unspecified atom stereocenters. The molecule has 2 amide bonds. The molecule has 0 aliphatic carbocycles. The van der Waals surface area contributed by atoms with Crippen LogP contribution in [0.5, 0.6) is 0 Å². The van der Waals surface area contributed by atoms with Crippen molar-refractivity contribution in [1.29, 1.82) is 0 Å². The van der Waals surface area contributed by atoms with Crippen LogP contribution in [-0.4, -0.2) is 39.0 Å². The van der Waals surface area contributed by atoms with Gasteiger partial charge in [0, 0.05) is 47.4 Å². The smallest absolute Gasteiger partial charge is 0.268 e. The zero-order valence-corrected chi connectivity index (χ0v) is 16.9. The number of amides is 2. The molecule has 1 aromatic carbocycles. The Bertz CT molecular complexity index is 1330. The van der Waals surface area contributed by atoms with E-state index in [-0.39, 0.29) is 11.8 Å². The molecule has 158 valence electrons. The van der Waals surface area contributed by atoms with Gasteiger partial charge in [-0.3, -0.25) is 20.0 Å². The van der Waals surface area contributed by atoms with Gasteiger partial charge in [0.2, 0.25) is 0 Å². The summed E-state index contributed by atoms with van der Waals surface area (Å²) in [6.45, 7) is 0.451. The Morgan fingerprint density at radius 3 is 2.84 bits per heavy atom. The van der Waals surface area contributed by atoms with E-state index in [1.807, 2.05) is 12.1 Å². The summed E-state index contributed by atoms with van der Waals surface area (Å²) in [5.41, 5.74) is 6.56. The number of carbonyl (C=O) groups excluding carboxylic acids is 2. The molecule has 4 N–H and O–H groups in total. The highest BCUT2D eigenvalue weighted by Gasteiger charge is 2.25. The van der Waals surface area contributed by atoms with Gasteiger partial charge in [0.1, 0.15) is 11.5 Å². The highest BCUT2D eigenvalue weighted by molar-refractivity contribution is 6.20. The van der Waals surface area contributed by atoms with Crippen LogP contribution in [0.15, 0.2) is 72.2 Å². The van der Waals surface area contributed by atoms with Crippen molar-refractivity contribution in [2.75, 3.05) is 17.3 Å². The molecular formula is C23H19N7O2. The molecule has 9 heteroatoms. The first-order valence-electron chi connectivity index (χ1n) is 10.1. The van der Waals surface area contributed by atoms with Crippen LogP contribution in [0.3, 0.4) is 0 Å². The van der Waals surface area contributed by atoms with E-state index in [0.29, 0.717) is 47.0 Å². The molecule has 0 fully saturated rings. The number of benzene rings is 1. The van der Waals surface area contributed by atoms with E-state index in [4.69, 9.17) is 0 Å². The van der Waals surface area contributed by atoms with Gasteiger partial charge >= 0.3 is 0 Å². The zero-order valence-electron chi connectivity index (χ0n) is 16.9. The molecule has 5 rings (SSSR count). The third-order valence-electron chi connectivity index (χ3n) is 5.11. The third kappa shape index (κ3) is 3.79. The lowest BCUT2D eigenvalue weighted by Gasteiger charge is -2.07. The molecule has 0 atom stereocenters. The Morgan fingerprint density at radius 2 is 2.03 bits per heavy atom. The summed E-state index contributed by atoms with van der Waals surface area (Å²) in [6, 6.07) is 14.3. The highest BCUT2D eigenvalue weighted by atomic mass is 16.2. The Morgan fingerprint density at radius 1 is 1.09 bits per heavy atom. The van der Waals surface area contributed by atoms with E-state index in [1.54, 1.807) is 55.0 Å². The van der Waals surface area contributed by atoms with Gasteiger partial charge in [-0.25, -0.2) is 4.98 Å². The van der Waals surface area contributed by atoms with Crippen LogP contribution < -0.4 is 16.1 Å². The van der Waals surface area contributed by atoms with Gasteiger partial charge in [0.05, 0.1) is 17.6 Å². The van der Waals surface area contributed by atoms with Crippen LogP contribution in [0.25, 0.3) is 10.9 Å². The average molecular weight is 425 g/mol. The van der Waals surface area contributed by atoms with Crippen LogP contribution in [0, 0.1) is 0 Å². The van der Waals surface area contributed by atoms with Crippen LogP contribution in [0.2, 0.25) is 0 Å². The SMILES string of the molecule is O=C(Nc1cccnc1)c1ccc2[nH]c3c(c2c1)/C(=N\Nc1ccccn1)CCNC3=O. The minimum atomic E-state index is -0.266. The highest BCUT2D eigenvalue weighted by Crippen LogP contribution is 2.27. The average Bonchev–Trinajstić information content (AvgIpc) is 3.13. The van der Waals surface area contributed by atoms with Crippen LogP contribution in [0.4, 0.5) is 11.5 Å². The number of hydrogen-bond acceptors (Lipinski definition) is 6. The molecule has 3 aromatic heterocycles. The first-order chi connectivity index (χ1) is 15.7. The fourth-order valence-corrected chi connectivity index (χ4v) is 3.62. The van der Waals surface area contributed by atoms with Crippen molar-refractivity contribution in [2.24, 2.45) is 5.10 Å². The summed E-state index contributed by atoms with van der Waals surface area (Å²) < 4.78 is 0. The van der Waals surface area contributed by atoms with Crippen molar-refractivity contribution < 1.29 is 9.59 Å². The molecule has 0 saturated heterocycles.